The van der Waals surface area contributed by atoms with Gasteiger partial charge in [0.25, 0.3) is 0 Å². The van der Waals surface area contributed by atoms with Gasteiger partial charge in [-0.15, -0.1) is 0 Å². The lowest BCUT2D eigenvalue weighted by Crippen LogP contribution is -2.49. The Hall–Kier alpha value is -1.39. The number of carbonyl (C=O) groups is 1. The van der Waals surface area contributed by atoms with E-state index in [1.165, 1.54) is 17.6 Å². The molecule has 0 spiro atoms. The second-order valence-corrected chi connectivity index (χ2v) is 4.68. The fourth-order valence-corrected chi connectivity index (χ4v) is 1.59. The van der Waals surface area contributed by atoms with Crippen molar-refractivity contribution in [3.8, 4) is 0 Å². The monoisotopic (exact) mass is 236 g/mol. The first-order valence-electron chi connectivity index (χ1n) is 5.73. The minimum atomic E-state index is -1.04. The van der Waals surface area contributed by atoms with Gasteiger partial charge in [-0.1, -0.05) is 38.2 Å². The number of nitrogens with two attached hydrogens (primary N) is 2. The van der Waals surface area contributed by atoms with Crippen LogP contribution in [0.4, 0.5) is 0 Å². The van der Waals surface area contributed by atoms with Crippen molar-refractivity contribution >= 4 is 5.97 Å². The predicted octanol–water partition coefficient (Wildman–Crippen LogP) is 1.19. The molecule has 0 saturated heterocycles. The quantitative estimate of drug-likeness (QED) is 0.686. The maximum atomic E-state index is 10.2. The Morgan fingerprint density at radius 3 is 1.82 bits per heavy atom. The van der Waals surface area contributed by atoms with Crippen molar-refractivity contribution in [2.45, 2.75) is 32.4 Å². The molecule has 2 bridgehead atoms. The van der Waals surface area contributed by atoms with Crippen LogP contribution in [0.1, 0.15) is 20.3 Å². The zero-order valence-electron chi connectivity index (χ0n) is 10.3. The number of hydrogen-bond donors (Lipinski definition) is 3. The van der Waals surface area contributed by atoms with E-state index in [0.29, 0.717) is 0 Å². The molecule has 2 rings (SSSR count). The van der Waals surface area contributed by atoms with E-state index >= 15 is 0 Å². The number of fused-ring (bicyclic) bond motifs is 2. The fraction of sp³-hybridized carbons (Fsp3) is 0.462. The lowest BCUT2D eigenvalue weighted by atomic mass is 9.98. The van der Waals surface area contributed by atoms with E-state index < -0.39 is 18.1 Å². The molecular formula is C13H20N2O2. The van der Waals surface area contributed by atoms with Gasteiger partial charge >= 0.3 is 5.97 Å². The van der Waals surface area contributed by atoms with Crippen LogP contribution < -0.4 is 11.5 Å². The van der Waals surface area contributed by atoms with Crippen LogP contribution in [-0.4, -0.2) is 23.2 Å². The van der Waals surface area contributed by atoms with E-state index in [0.717, 1.165) is 0 Å². The molecule has 0 aliphatic heterocycles. The molecule has 0 heterocycles. The van der Waals surface area contributed by atoms with Gasteiger partial charge in [-0.3, -0.25) is 4.79 Å². The molecule has 0 aromatic rings. The molecule has 0 aromatic carbocycles. The van der Waals surface area contributed by atoms with Crippen molar-refractivity contribution < 1.29 is 9.90 Å². The number of hydrogen-bond acceptors (Lipinski definition) is 3. The summed E-state index contributed by atoms with van der Waals surface area (Å²) in [4.78, 5) is 10.2. The maximum Gasteiger partial charge on any atom is 0.322 e. The van der Waals surface area contributed by atoms with Crippen molar-refractivity contribution in [3.05, 3.63) is 35.5 Å². The standard InChI is InChI=1S/C7H6.C6H14N2O2/c1-2-7-4-3-6(1)5-7;1-3(2)4(7)5(8)6(9)10/h1-4H,5H2;3-5H,7-8H2,1-2H3,(H,9,10). The normalized spacial score (nSPS) is 19.4. The third kappa shape index (κ3) is 3.84. The first-order chi connectivity index (χ1) is 7.91. The molecule has 2 aliphatic rings. The molecule has 0 fully saturated rings. The van der Waals surface area contributed by atoms with E-state index in [4.69, 9.17) is 16.6 Å². The average molecular weight is 236 g/mol. The Kier molecular flexibility index (Phi) is 4.66. The molecule has 2 unspecified atom stereocenters. The van der Waals surface area contributed by atoms with Gasteiger partial charge in [-0.25, -0.2) is 0 Å². The number of allylic oxidation sites excluding steroid dienone is 6. The summed E-state index contributed by atoms with van der Waals surface area (Å²) in [5.74, 6) is -0.938. The van der Waals surface area contributed by atoms with Crippen LogP contribution >= 0.6 is 0 Å². The summed E-state index contributed by atoms with van der Waals surface area (Å²) >= 11 is 0. The Morgan fingerprint density at radius 2 is 1.71 bits per heavy atom. The zero-order chi connectivity index (χ0) is 13.0. The van der Waals surface area contributed by atoms with E-state index in [9.17, 15) is 4.79 Å². The van der Waals surface area contributed by atoms with Crippen molar-refractivity contribution in [2.75, 3.05) is 0 Å². The summed E-state index contributed by atoms with van der Waals surface area (Å²) in [7, 11) is 0. The lowest BCUT2D eigenvalue weighted by molar-refractivity contribution is -0.139. The summed E-state index contributed by atoms with van der Waals surface area (Å²) in [5.41, 5.74) is 13.6. The average Bonchev–Trinajstić information content (AvgIpc) is 2.91. The predicted molar refractivity (Wildman–Crippen MR) is 68.3 cm³/mol. The third-order valence-corrected chi connectivity index (χ3v) is 2.90. The zero-order valence-corrected chi connectivity index (χ0v) is 10.3. The van der Waals surface area contributed by atoms with Gasteiger partial charge in [0.1, 0.15) is 6.04 Å². The van der Waals surface area contributed by atoms with Gasteiger partial charge in [0, 0.05) is 6.04 Å². The molecule has 0 saturated carbocycles. The van der Waals surface area contributed by atoms with Crippen LogP contribution in [0.5, 0.6) is 0 Å². The second-order valence-electron chi connectivity index (χ2n) is 4.68. The molecule has 0 aromatic heterocycles. The highest BCUT2D eigenvalue weighted by atomic mass is 16.4. The molecule has 94 valence electrons. The summed E-state index contributed by atoms with van der Waals surface area (Å²) in [6.07, 6.45) is 9.90. The van der Waals surface area contributed by atoms with Gasteiger partial charge in [-0.05, 0) is 23.5 Å². The van der Waals surface area contributed by atoms with E-state index in [1.807, 2.05) is 13.8 Å². The highest BCUT2D eigenvalue weighted by molar-refractivity contribution is 5.74. The highest BCUT2D eigenvalue weighted by Crippen LogP contribution is 2.27. The van der Waals surface area contributed by atoms with E-state index in [1.54, 1.807) is 0 Å². The highest BCUT2D eigenvalue weighted by Gasteiger charge is 2.22. The van der Waals surface area contributed by atoms with E-state index in [2.05, 4.69) is 24.3 Å². The van der Waals surface area contributed by atoms with Crippen LogP contribution in [0, 0.1) is 5.92 Å². The molecule has 2 atom stereocenters. The Balaban J connectivity index is 0.000000177. The number of aliphatic carboxylic acids is 1. The van der Waals surface area contributed by atoms with Gasteiger partial charge in [0.15, 0.2) is 0 Å². The molecule has 0 radical (unpaired) electrons. The summed E-state index contributed by atoms with van der Waals surface area (Å²) < 4.78 is 0. The summed E-state index contributed by atoms with van der Waals surface area (Å²) in [6, 6.07) is -1.41. The van der Waals surface area contributed by atoms with Crippen molar-refractivity contribution in [3.63, 3.8) is 0 Å². The van der Waals surface area contributed by atoms with Crippen molar-refractivity contribution in [1.29, 1.82) is 0 Å². The van der Waals surface area contributed by atoms with Crippen LogP contribution in [0.2, 0.25) is 0 Å². The Morgan fingerprint density at radius 1 is 1.24 bits per heavy atom. The first-order valence-corrected chi connectivity index (χ1v) is 5.73. The first kappa shape index (κ1) is 13.7. The van der Waals surface area contributed by atoms with Gasteiger partial charge < -0.3 is 16.6 Å². The van der Waals surface area contributed by atoms with Gasteiger partial charge in [0.2, 0.25) is 0 Å². The van der Waals surface area contributed by atoms with Crippen LogP contribution in [0.3, 0.4) is 0 Å². The number of carboxylic acids is 1. The third-order valence-electron chi connectivity index (χ3n) is 2.90. The smallest absolute Gasteiger partial charge is 0.322 e. The Bertz CT molecular complexity index is 361. The van der Waals surface area contributed by atoms with Gasteiger partial charge in [0.05, 0.1) is 0 Å². The molecule has 17 heavy (non-hydrogen) atoms. The van der Waals surface area contributed by atoms with Crippen molar-refractivity contribution in [1.82, 2.24) is 0 Å². The molecule has 4 nitrogen and oxygen atoms in total. The molecule has 4 heteroatoms. The molecule has 5 N–H and O–H groups in total. The second kappa shape index (κ2) is 5.80. The minimum absolute atomic E-state index is 0.103. The Labute approximate surface area is 102 Å². The molecule has 2 aliphatic carbocycles. The number of rotatable bonds is 3. The largest absolute Gasteiger partial charge is 0.480 e. The summed E-state index contributed by atoms with van der Waals surface area (Å²) in [5, 5.41) is 8.40. The van der Waals surface area contributed by atoms with Crippen LogP contribution in [-0.2, 0) is 4.79 Å². The number of carboxylic acid groups (broad SMARTS) is 1. The van der Waals surface area contributed by atoms with Gasteiger partial charge in [-0.2, -0.15) is 0 Å². The van der Waals surface area contributed by atoms with Crippen LogP contribution in [0.25, 0.3) is 0 Å². The maximum absolute atomic E-state index is 10.2. The summed E-state index contributed by atoms with van der Waals surface area (Å²) in [6.45, 7) is 3.68. The minimum Gasteiger partial charge on any atom is -0.480 e. The van der Waals surface area contributed by atoms with E-state index in [-0.39, 0.29) is 5.92 Å². The molecule has 0 amide bonds. The fourth-order valence-electron chi connectivity index (χ4n) is 1.59. The SMILES string of the molecule is C1=CC2=CC=C1C2.CC(C)C(N)C(N)C(=O)O. The lowest BCUT2D eigenvalue weighted by Gasteiger charge is -2.18. The van der Waals surface area contributed by atoms with Crippen LogP contribution in [0.15, 0.2) is 35.5 Å². The van der Waals surface area contributed by atoms with Crippen molar-refractivity contribution in [2.24, 2.45) is 17.4 Å². The molecular weight excluding hydrogens is 216 g/mol. The topological polar surface area (TPSA) is 89.3 Å².